The van der Waals surface area contributed by atoms with E-state index < -0.39 is 5.54 Å². The lowest BCUT2D eigenvalue weighted by atomic mass is 9.93. The topological polar surface area (TPSA) is 52.3 Å². The first-order chi connectivity index (χ1) is 8.65. The molecule has 1 unspecified atom stereocenters. The number of hydrogen-bond donors (Lipinski definition) is 1. The van der Waals surface area contributed by atoms with Crippen molar-refractivity contribution in [2.45, 2.75) is 25.8 Å². The number of esters is 1. The summed E-state index contributed by atoms with van der Waals surface area (Å²) >= 11 is 1.68. The van der Waals surface area contributed by atoms with Crippen LogP contribution in [0, 0.1) is 0 Å². The lowest BCUT2D eigenvalue weighted by molar-refractivity contribution is -0.149. The molecule has 4 heteroatoms. The van der Waals surface area contributed by atoms with Gasteiger partial charge in [-0.25, -0.2) is 4.79 Å². The maximum absolute atomic E-state index is 12.1. The average molecular weight is 267 g/mol. The highest BCUT2D eigenvalue weighted by Gasteiger charge is 2.37. The SMILES string of the molecule is CCCSCC(N)(C(=O)OCC)c1ccccc1. The molecule has 0 fully saturated rings. The van der Waals surface area contributed by atoms with E-state index in [1.807, 2.05) is 30.3 Å². The number of nitrogens with two attached hydrogens (primary N) is 1. The Kier molecular flexibility index (Phi) is 6.22. The zero-order valence-electron chi connectivity index (χ0n) is 11.0. The van der Waals surface area contributed by atoms with Crippen molar-refractivity contribution in [2.75, 3.05) is 18.1 Å². The monoisotopic (exact) mass is 267 g/mol. The van der Waals surface area contributed by atoms with Crippen molar-refractivity contribution in [1.29, 1.82) is 0 Å². The normalized spacial score (nSPS) is 13.9. The van der Waals surface area contributed by atoms with E-state index >= 15 is 0 Å². The molecule has 18 heavy (non-hydrogen) atoms. The van der Waals surface area contributed by atoms with E-state index in [-0.39, 0.29) is 5.97 Å². The standard InChI is InChI=1S/C14H21NO2S/c1-3-10-18-11-14(15,13(16)17-4-2)12-8-6-5-7-9-12/h5-9H,3-4,10-11,15H2,1-2H3. The van der Waals surface area contributed by atoms with Crippen molar-refractivity contribution in [1.82, 2.24) is 0 Å². The quantitative estimate of drug-likeness (QED) is 0.609. The van der Waals surface area contributed by atoms with Crippen LogP contribution in [0.1, 0.15) is 25.8 Å². The Morgan fingerprint density at radius 2 is 2.00 bits per heavy atom. The average Bonchev–Trinajstić information content (AvgIpc) is 2.40. The van der Waals surface area contributed by atoms with Gasteiger partial charge in [0.25, 0.3) is 0 Å². The van der Waals surface area contributed by atoms with Gasteiger partial charge in [-0.2, -0.15) is 11.8 Å². The van der Waals surface area contributed by atoms with E-state index in [2.05, 4.69) is 6.92 Å². The van der Waals surface area contributed by atoms with Crippen LogP contribution >= 0.6 is 11.8 Å². The highest BCUT2D eigenvalue weighted by molar-refractivity contribution is 7.99. The number of carbonyl (C=O) groups excluding carboxylic acids is 1. The first-order valence-electron chi connectivity index (χ1n) is 6.24. The predicted octanol–water partition coefficient (Wildman–Crippen LogP) is 2.55. The summed E-state index contributed by atoms with van der Waals surface area (Å²) < 4.78 is 5.11. The van der Waals surface area contributed by atoms with Crippen LogP contribution in [0.25, 0.3) is 0 Å². The van der Waals surface area contributed by atoms with E-state index in [1.54, 1.807) is 18.7 Å². The van der Waals surface area contributed by atoms with Gasteiger partial charge in [0.05, 0.1) is 6.61 Å². The third kappa shape index (κ3) is 3.75. The van der Waals surface area contributed by atoms with E-state index in [0.717, 1.165) is 17.7 Å². The van der Waals surface area contributed by atoms with Gasteiger partial charge in [0.2, 0.25) is 0 Å². The van der Waals surface area contributed by atoms with Crippen LogP contribution in [0.3, 0.4) is 0 Å². The van der Waals surface area contributed by atoms with Crippen molar-refractivity contribution < 1.29 is 9.53 Å². The minimum atomic E-state index is -1.04. The molecule has 0 spiro atoms. The first-order valence-corrected chi connectivity index (χ1v) is 7.40. The fraction of sp³-hybridized carbons (Fsp3) is 0.500. The summed E-state index contributed by atoms with van der Waals surface area (Å²) in [6.07, 6.45) is 1.07. The molecule has 100 valence electrons. The van der Waals surface area contributed by atoms with E-state index in [4.69, 9.17) is 10.5 Å². The molecule has 1 aromatic rings. The molecule has 2 N–H and O–H groups in total. The zero-order valence-corrected chi connectivity index (χ0v) is 11.8. The second kappa shape index (κ2) is 7.44. The van der Waals surface area contributed by atoms with Gasteiger partial charge in [-0.05, 0) is 24.7 Å². The molecule has 0 heterocycles. The number of carbonyl (C=O) groups is 1. The smallest absolute Gasteiger partial charge is 0.331 e. The Balaban J connectivity index is 2.90. The number of ether oxygens (including phenoxy) is 1. The van der Waals surface area contributed by atoms with Gasteiger partial charge in [0, 0.05) is 5.75 Å². The number of hydrogen-bond acceptors (Lipinski definition) is 4. The lowest BCUT2D eigenvalue weighted by Gasteiger charge is -2.27. The van der Waals surface area contributed by atoms with Crippen LogP contribution in [0.4, 0.5) is 0 Å². The predicted molar refractivity (Wildman–Crippen MR) is 76.6 cm³/mol. The molecule has 0 saturated carbocycles. The van der Waals surface area contributed by atoms with Gasteiger partial charge >= 0.3 is 5.97 Å². The summed E-state index contributed by atoms with van der Waals surface area (Å²) in [6.45, 7) is 4.25. The Hall–Kier alpha value is -1.00. The molecule has 0 bridgehead atoms. The van der Waals surface area contributed by atoms with Crippen LogP contribution in [0.15, 0.2) is 30.3 Å². The molecule has 0 amide bonds. The third-order valence-corrected chi connectivity index (χ3v) is 3.96. The fourth-order valence-corrected chi connectivity index (χ4v) is 2.67. The molecule has 0 aliphatic rings. The molecule has 0 aliphatic heterocycles. The van der Waals surface area contributed by atoms with Crippen molar-refractivity contribution in [3.8, 4) is 0 Å². The molecule has 1 atom stereocenters. The number of thioether (sulfide) groups is 1. The summed E-state index contributed by atoms with van der Waals surface area (Å²) in [5.41, 5.74) is 6.06. The zero-order chi connectivity index (χ0) is 13.4. The molecule has 3 nitrogen and oxygen atoms in total. The molecular weight excluding hydrogens is 246 g/mol. The molecule has 0 aromatic heterocycles. The van der Waals surface area contributed by atoms with E-state index in [0.29, 0.717) is 12.4 Å². The maximum atomic E-state index is 12.1. The minimum absolute atomic E-state index is 0.347. The summed E-state index contributed by atoms with van der Waals surface area (Å²) in [5.74, 6) is 1.19. The van der Waals surface area contributed by atoms with Crippen LogP contribution in [-0.4, -0.2) is 24.1 Å². The maximum Gasteiger partial charge on any atom is 0.331 e. The van der Waals surface area contributed by atoms with Gasteiger partial charge < -0.3 is 10.5 Å². The van der Waals surface area contributed by atoms with Gasteiger partial charge in [-0.1, -0.05) is 37.3 Å². The Labute approximate surface area is 113 Å². The minimum Gasteiger partial charge on any atom is -0.464 e. The van der Waals surface area contributed by atoms with Crippen LogP contribution in [0.5, 0.6) is 0 Å². The molecule has 0 aliphatic carbocycles. The Morgan fingerprint density at radius 1 is 1.33 bits per heavy atom. The summed E-state index contributed by atoms with van der Waals surface area (Å²) in [5, 5.41) is 0. The van der Waals surface area contributed by atoms with Gasteiger partial charge in [0.1, 0.15) is 5.54 Å². The van der Waals surface area contributed by atoms with E-state index in [9.17, 15) is 4.79 Å². The molecular formula is C14H21NO2S. The fourth-order valence-electron chi connectivity index (χ4n) is 1.63. The summed E-state index contributed by atoms with van der Waals surface area (Å²) in [4.78, 5) is 12.1. The third-order valence-electron chi connectivity index (χ3n) is 2.61. The highest BCUT2D eigenvalue weighted by atomic mass is 32.2. The second-order valence-corrected chi connectivity index (χ2v) is 5.22. The Bertz CT molecular complexity index is 369. The first kappa shape index (κ1) is 15.1. The summed E-state index contributed by atoms with van der Waals surface area (Å²) in [6, 6.07) is 9.45. The van der Waals surface area contributed by atoms with Crippen LogP contribution < -0.4 is 5.73 Å². The molecule has 0 saturated heterocycles. The van der Waals surface area contributed by atoms with Gasteiger partial charge in [0.15, 0.2) is 0 Å². The number of rotatable bonds is 7. The van der Waals surface area contributed by atoms with Crippen LogP contribution in [-0.2, 0) is 15.1 Å². The van der Waals surface area contributed by atoms with Gasteiger partial charge in [-0.15, -0.1) is 0 Å². The van der Waals surface area contributed by atoms with Crippen molar-refractivity contribution in [3.63, 3.8) is 0 Å². The van der Waals surface area contributed by atoms with Crippen molar-refractivity contribution in [3.05, 3.63) is 35.9 Å². The highest BCUT2D eigenvalue weighted by Crippen LogP contribution is 2.25. The lowest BCUT2D eigenvalue weighted by Crippen LogP contribution is -2.48. The largest absolute Gasteiger partial charge is 0.464 e. The van der Waals surface area contributed by atoms with Crippen molar-refractivity contribution >= 4 is 17.7 Å². The van der Waals surface area contributed by atoms with E-state index in [1.165, 1.54) is 0 Å². The molecule has 1 aromatic carbocycles. The van der Waals surface area contributed by atoms with Crippen molar-refractivity contribution in [2.24, 2.45) is 5.73 Å². The molecule has 0 radical (unpaired) electrons. The second-order valence-electron chi connectivity index (χ2n) is 4.11. The van der Waals surface area contributed by atoms with Crippen LogP contribution in [0.2, 0.25) is 0 Å². The Morgan fingerprint density at radius 3 is 2.56 bits per heavy atom. The summed E-state index contributed by atoms with van der Waals surface area (Å²) in [7, 11) is 0. The number of benzene rings is 1. The molecule has 1 rings (SSSR count). The van der Waals surface area contributed by atoms with Gasteiger partial charge in [-0.3, -0.25) is 0 Å².